The highest BCUT2D eigenvalue weighted by atomic mass is 16.5. The second-order valence-corrected chi connectivity index (χ2v) is 5.97. The van der Waals surface area contributed by atoms with Gasteiger partial charge in [-0.3, -0.25) is 14.6 Å². The molecule has 0 amide bonds. The lowest BCUT2D eigenvalue weighted by Crippen LogP contribution is -2.33. The lowest BCUT2D eigenvalue weighted by atomic mass is 9.98. The molecule has 0 bridgehead atoms. The molecule has 0 saturated carbocycles. The third kappa shape index (κ3) is 3.34. The van der Waals surface area contributed by atoms with Crippen LogP contribution in [0.15, 0.2) is 15.9 Å². The van der Waals surface area contributed by atoms with E-state index in [0.29, 0.717) is 0 Å². The van der Waals surface area contributed by atoms with Crippen molar-refractivity contribution in [1.82, 2.24) is 19.1 Å². The molecule has 0 aliphatic carbocycles. The summed E-state index contributed by atoms with van der Waals surface area (Å²) in [7, 11) is 0. The summed E-state index contributed by atoms with van der Waals surface area (Å²) < 4.78 is 7.78. The maximum absolute atomic E-state index is 12.0. The van der Waals surface area contributed by atoms with E-state index in [2.05, 4.69) is 21.8 Å². The third-order valence-corrected chi connectivity index (χ3v) is 3.12. The summed E-state index contributed by atoms with van der Waals surface area (Å²) >= 11 is 0. The Kier molecular flexibility index (Phi) is 4.40. The Bertz CT molecular complexity index is 915. The molecular weight excluding hydrogens is 300 g/mol. The SMILES string of the molecule is CC#CCn1cnc2c1c(=O)[nH]c(=O)n2COC(=O)C(C)(C)C. The van der Waals surface area contributed by atoms with Crippen molar-refractivity contribution in [2.24, 2.45) is 5.41 Å². The van der Waals surface area contributed by atoms with Crippen LogP contribution in [0.3, 0.4) is 0 Å². The second-order valence-electron chi connectivity index (χ2n) is 5.97. The number of carbonyl (C=O) groups excluding carboxylic acids is 1. The number of imidazole rings is 1. The zero-order valence-corrected chi connectivity index (χ0v) is 13.5. The number of esters is 1. The van der Waals surface area contributed by atoms with Gasteiger partial charge < -0.3 is 9.30 Å². The number of fused-ring (bicyclic) bond motifs is 1. The molecule has 0 atom stereocenters. The summed E-state index contributed by atoms with van der Waals surface area (Å²) in [5.41, 5.74) is -1.58. The fourth-order valence-corrected chi connectivity index (χ4v) is 1.86. The van der Waals surface area contributed by atoms with Gasteiger partial charge in [0.2, 0.25) is 0 Å². The van der Waals surface area contributed by atoms with Crippen LogP contribution in [0.5, 0.6) is 0 Å². The van der Waals surface area contributed by atoms with Crippen LogP contribution in [0, 0.1) is 17.3 Å². The quantitative estimate of drug-likeness (QED) is 0.654. The van der Waals surface area contributed by atoms with Gasteiger partial charge in [0.25, 0.3) is 5.56 Å². The lowest BCUT2D eigenvalue weighted by molar-refractivity contribution is -0.156. The molecule has 2 rings (SSSR count). The van der Waals surface area contributed by atoms with E-state index in [1.165, 1.54) is 10.9 Å². The van der Waals surface area contributed by atoms with Gasteiger partial charge >= 0.3 is 11.7 Å². The molecule has 122 valence electrons. The van der Waals surface area contributed by atoms with Crippen molar-refractivity contribution in [3.63, 3.8) is 0 Å². The molecule has 2 aromatic heterocycles. The van der Waals surface area contributed by atoms with E-state index in [9.17, 15) is 14.4 Å². The number of rotatable bonds is 3. The van der Waals surface area contributed by atoms with Gasteiger partial charge in [0.15, 0.2) is 17.9 Å². The summed E-state index contributed by atoms with van der Waals surface area (Å²) in [6.07, 6.45) is 1.42. The minimum absolute atomic E-state index is 0.151. The van der Waals surface area contributed by atoms with Crippen LogP contribution in [0.25, 0.3) is 11.2 Å². The predicted octanol–water partition coefficient (Wildman–Crippen LogP) is 0.456. The average molecular weight is 318 g/mol. The Morgan fingerprint density at radius 1 is 1.39 bits per heavy atom. The van der Waals surface area contributed by atoms with Gasteiger partial charge in [-0.2, -0.15) is 0 Å². The number of ether oxygens (including phenoxy) is 1. The van der Waals surface area contributed by atoms with Crippen LogP contribution in [0.1, 0.15) is 27.7 Å². The Morgan fingerprint density at radius 2 is 2.09 bits per heavy atom. The number of aromatic nitrogens is 4. The molecule has 23 heavy (non-hydrogen) atoms. The fourth-order valence-electron chi connectivity index (χ4n) is 1.86. The Hall–Kier alpha value is -2.82. The molecular formula is C15H18N4O4. The van der Waals surface area contributed by atoms with E-state index in [-0.39, 0.29) is 24.4 Å². The van der Waals surface area contributed by atoms with Crippen molar-refractivity contribution in [3.8, 4) is 11.8 Å². The molecule has 2 heterocycles. The maximum Gasteiger partial charge on any atom is 0.332 e. The number of aromatic amines is 1. The number of H-pyrrole nitrogens is 1. The van der Waals surface area contributed by atoms with Gasteiger partial charge in [-0.05, 0) is 27.7 Å². The van der Waals surface area contributed by atoms with Crippen molar-refractivity contribution < 1.29 is 9.53 Å². The molecule has 0 aromatic carbocycles. The molecule has 0 spiro atoms. The van der Waals surface area contributed by atoms with E-state index in [4.69, 9.17) is 4.74 Å². The number of nitrogens with zero attached hydrogens (tertiary/aromatic N) is 3. The first-order valence-electron chi connectivity index (χ1n) is 7.00. The van der Waals surface area contributed by atoms with Crippen LogP contribution in [0.4, 0.5) is 0 Å². The van der Waals surface area contributed by atoms with Crippen molar-refractivity contribution in [3.05, 3.63) is 27.2 Å². The second kappa shape index (κ2) is 6.12. The van der Waals surface area contributed by atoms with Crippen molar-refractivity contribution >= 4 is 17.1 Å². The summed E-state index contributed by atoms with van der Waals surface area (Å²) in [4.78, 5) is 42.1. The largest absolute Gasteiger partial charge is 0.443 e. The molecule has 0 radical (unpaired) electrons. The summed E-state index contributed by atoms with van der Waals surface area (Å²) in [6.45, 7) is 6.76. The first-order chi connectivity index (χ1) is 10.8. The van der Waals surface area contributed by atoms with Crippen molar-refractivity contribution in [1.29, 1.82) is 0 Å². The average Bonchev–Trinajstić information content (AvgIpc) is 2.87. The molecule has 0 aliphatic rings. The fraction of sp³-hybridized carbons (Fsp3) is 0.467. The topological polar surface area (TPSA) is 99.0 Å². The molecule has 0 fully saturated rings. The van der Waals surface area contributed by atoms with Crippen LogP contribution in [-0.4, -0.2) is 25.1 Å². The number of carbonyl (C=O) groups is 1. The van der Waals surface area contributed by atoms with Crippen molar-refractivity contribution in [2.75, 3.05) is 0 Å². The number of hydrogen-bond donors (Lipinski definition) is 1. The van der Waals surface area contributed by atoms with E-state index in [0.717, 1.165) is 4.57 Å². The predicted molar refractivity (Wildman–Crippen MR) is 83.6 cm³/mol. The zero-order chi connectivity index (χ0) is 17.2. The highest BCUT2D eigenvalue weighted by molar-refractivity contribution is 5.75. The number of nitrogens with one attached hydrogen (secondary N) is 1. The first-order valence-corrected chi connectivity index (χ1v) is 7.00. The first kappa shape index (κ1) is 16.5. The molecule has 1 N–H and O–H groups in total. The Labute approximate surface area is 132 Å². The molecule has 0 unspecified atom stereocenters. The highest BCUT2D eigenvalue weighted by Gasteiger charge is 2.24. The van der Waals surface area contributed by atoms with Gasteiger partial charge in [0.1, 0.15) is 0 Å². The van der Waals surface area contributed by atoms with Crippen LogP contribution in [-0.2, 0) is 22.8 Å². The standard InChI is InChI=1S/C15H18N4O4/c1-5-6-7-18-8-16-11-10(18)12(20)17-14(22)19(11)9-23-13(21)15(2,3)4/h8H,7,9H2,1-4H3,(H,17,20,22). The van der Waals surface area contributed by atoms with Crippen LogP contribution in [0.2, 0.25) is 0 Å². The van der Waals surface area contributed by atoms with Crippen LogP contribution >= 0.6 is 0 Å². The highest BCUT2D eigenvalue weighted by Crippen LogP contribution is 2.15. The van der Waals surface area contributed by atoms with Gasteiger partial charge in [0.05, 0.1) is 18.3 Å². The van der Waals surface area contributed by atoms with E-state index in [1.807, 2.05) is 0 Å². The van der Waals surface area contributed by atoms with Gasteiger partial charge in [0, 0.05) is 0 Å². The van der Waals surface area contributed by atoms with Gasteiger partial charge in [-0.25, -0.2) is 14.3 Å². The van der Waals surface area contributed by atoms with Crippen molar-refractivity contribution in [2.45, 2.75) is 41.0 Å². The maximum atomic E-state index is 12.0. The smallest absolute Gasteiger partial charge is 0.332 e. The zero-order valence-electron chi connectivity index (χ0n) is 13.5. The molecule has 8 heteroatoms. The molecule has 0 aliphatic heterocycles. The molecule has 0 saturated heterocycles. The van der Waals surface area contributed by atoms with E-state index >= 15 is 0 Å². The monoisotopic (exact) mass is 318 g/mol. The van der Waals surface area contributed by atoms with Gasteiger partial charge in [-0.1, -0.05) is 5.92 Å². The third-order valence-electron chi connectivity index (χ3n) is 3.12. The Morgan fingerprint density at radius 3 is 2.70 bits per heavy atom. The normalized spacial score (nSPS) is 11.1. The molecule has 8 nitrogen and oxygen atoms in total. The summed E-state index contributed by atoms with van der Waals surface area (Å²) in [5.74, 6) is 5.09. The van der Waals surface area contributed by atoms with E-state index in [1.54, 1.807) is 27.7 Å². The van der Waals surface area contributed by atoms with Gasteiger partial charge in [-0.15, -0.1) is 5.92 Å². The summed E-state index contributed by atoms with van der Waals surface area (Å²) in [6, 6.07) is 0. The molecule has 2 aromatic rings. The summed E-state index contributed by atoms with van der Waals surface area (Å²) in [5, 5.41) is 0. The lowest BCUT2D eigenvalue weighted by Gasteiger charge is -2.17. The minimum atomic E-state index is -0.693. The van der Waals surface area contributed by atoms with Crippen LogP contribution < -0.4 is 11.2 Å². The minimum Gasteiger partial charge on any atom is -0.443 e. The Balaban J connectivity index is 2.46. The van der Waals surface area contributed by atoms with E-state index < -0.39 is 22.6 Å². The number of hydrogen-bond acceptors (Lipinski definition) is 5.